The lowest BCUT2D eigenvalue weighted by atomic mass is 10.1. The van der Waals surface area contributed by atoms with E-state index in [1.807, 2.05) is 6.92 Å². The predicted molar refractivity (Wildman–Crippen MR) is 157 cm³/mol. The van der Waals surface area contributed by atoms with Gasteiger partial charge in [0.2, 0.25) is 11.8 Å². The van der Waals surface area contributed by atoms with Crippen molar-refractivity contribution >= 4 is 62.3 Å². The fourth-order valence-corrected chi connectivity index (χ4v) is 5.98. The number of hydrogen-bond donors (Lipinski definition) is 1. The summed E-state index contributed by atoms with van der Waals surface area (Å²) in [5, 5.41) is 3.43. The molecule has 1 N–H and O–H groups in total. The van der Waals surface area contributed by atoms with Gasteiger partial charge in [0.1, 0.15) is 12.6 Å². The van der Waals surface area contributed by atoms with E-state index in [9.17, 15) is 18.0 Å². The maximum absolute atomic E-state index is 13.9. The van der Waals surface area contributed by atoms with Crippen molar-refractivity contribution in [2.75, 3.05) is 17.4 Å². The van der Waals surface area contributed by atoms with Crippen LogP contribution in [0.25, 0.3) is 0 Å². The molecule has 0 saturated carbocycles. The van der Waals surface area contributed by atoms with Crippen LogP contribution in [-0.2, 0) is 26.2 Å². The molecule has 0 saturated heterocycles. The molecule has 39 heavy (non-hydrogen) atoms. The molecule has 0 aliphatic rings. The van der Waals surface area contributed by atoms with Gasteiger partial charge in [0, 0.05) is 18.1 Å². The Morgan fingerprint density at radius 1 is 0.949 bits per heavy atom. The number of rotatable bonds is 12. The number of amides is 2. The van der Waals surface area contributed by atoms with Crippen LogP contribution in [0.2, 0.25) is 15.1 Å². The smallest absolute Gasteiger partial charge is 0.264 e. The first kappa shape index (κ1) is 30.8. The Balaban J connectivity index is 2.03. The fraction of sp³-hybridized carbons (Fsp3) is 0.286. The van der Waals surface area contributed by atoms with E-state index in [1.54, 1.807) is 55.5 Å². The van der Waals surface area contributed by atoms with Crippen molar-refractivity contribution in [3.8, 4) is 0 Å². The molecule has 3 aromatic carbocycles. The van der Waals surface area contributed by atoms with Gasteiger partial charge in [-0.25, -0.2) is 8.42 Å². The number of carbonyl (C=O) groups excluding carboxylic acids is 2. The predicted octanol–water partition coefficient (Wildman–Crippen LogP) is 6.18. The van der Waals surface area contributed by atoms with E-state index in [2.05, 4.69) is 5.32 Å². The number of unbranched alkanes of at least 4 members (excludes halogenated alkanes) is 1. The number of sulfonamides is 1. The Bertz CT molecular complexity index is 1400. The van der Waals surface area contributed by atoms with Gasteiger partial charge >= 0.3 is 0 Å². The van der Waals surface area contributed by atoms with Gasteiger partial charge in [-0.1, -0.05) is 84.5 Å². The first-order valence-electron chi connectivity index (χ1n) is 12.4. The molecule has 0 heterocycles. The van der Waals surface area contributed by atoms with Gasteiger partial charge < -0.3 is 10.2 Å². The third-order valence-electron chi connectivity index (χ3n) is 6.05. The Morgan fingerprint density at radius 2 is 1.64 bits per heavy atom. The molecule has 0 bridgehead atoms. The number of halogens is 3. The topological polar surface area (TPSA) is 86.8 Å². The van der Waals surface area contributed by atoms with Crippen LogP contribution in [0.15, 0.2) is 77.7 Å². The Labute approximate surface area is 244 Å². The zero-order valence-corrected chi connectivity index (χ0v) is 24.7. The van der Waals surface area contributed by atoms with Crippen molar-refractivity contribution in [1.82, 2.24) is 10.2 Å². The molecule has 0 aliphatic heterocycles. The van der Waals surface area contributed by atoms with Crippen LogP contribution in [0, 0.1) is 0 Å². The molecule has 0 aromatic heterocycles. The molecule has 3 aromatic rings. The summed E-state index contributed by atoms with van der Waals surface area (Å²) in [4.78, 5) is 28.2. The first-order valence-corrected chi connectivity index (χ1v) is 15.0. The molecule has 0 radical (unpaired) electrons. The highest BCUT2D eigenvalue weighted by molar-refractivity contribution is 7.92. The quantitative estimate of drug-likeness (QED) is 0.248. The van der Waals surface area contributed by atoms with Crippen molar-refractivity contribution in [3.05, 3.63) is 93.4 Å². The van der Waals surface area contributed by atoms with Gasteiger partial charge in [0.25, 0.3) is 10.0 Å². The average molecular weight is 611 g/mol. The van der Waals surface area contributed by atoms with E-state index < -0.39 is 28.5 Å². The van der Waals surface area contributed by atoms with E-state index in [-0.39, 0.29) is 33.1 Å². The van der Waals surface area contributed by atoms with Crippen LogP contribution in [0.5, 0.6) is 0 Å². The van der Waals surface area contributed by atoms with Crippen molar-refractivity contribution in [2.45, 2.75) is 44.2 Å². The molecule has 0 aliphatic carbocycles. The summed E-state index contributed by atoms with van der Waals surface area (Å²) in [6.45, 7) is 3.49. The second kappa shape index (κ2) is 14.0. The molecule has 2 amide bonds. The van der Waals surface area contributed by atoms with Gasteiger partial charge in [0.05, 0.1) is 20.6 Å². The summed E-state index contributed by atoms with van der Waals surface area (Å²) in [6.07, 6.45) is 1.68. The fourth-order valence-electron chi connectivity index (χ4n) is 3.87. The van der Waals surface area contributed by atoms with Crippen LogP contribution >= 0.6 is 34.8 Å². The number of anilines is 1. The highest BCUT2D eigenvalue weighted by atomic mass is 35.5. The van der Waals surface area contributed by atoms with Crippen molar-refractivity contribution in [2.24, 2.45) is 0 Å². The first-order chi connectivity index (χ1) is 18.6. The molecule has 7 nitrogen and oxygen atoms in total. The maximum atomic E-state index is 13.9. The molecule has 0 spiro atoms. The summed E-state index contributed by atoms with van der Waals surface area (Å²) < 4.78 is 28.5. The van der Waals surface area contributed by atoms with Crippen molar-refractivity contribution in [1.29, 1.82) is 0 Å². The zero-order chi connectivity index (χ0) is 28.6. The Kier molecular flexibility index (Phi) is 11.1. The summed E-state index contributed by atoms with van der Waals surface area (Å²) >= 11 is 18.8. The minimum Gasteiger partial charge on any atom is -0.354 e. The monoisotopic (exact) mass is 609 g/mol. The van der Waals surface area contributed by atoms with Crippen molar-refractivity contribution in [3.63, 3.8) is 0 Å². The number of hydrogen-bond acceptors (Lipinski definition) is 4. The van der Waals surface area contributed by atoms with Gasteiger partial charge in [-0.15, -0.1) is 0 Å². The van der Waals surface area contributed by atoms with Crippen LogP contribution in [0.4, 0.5) is 5.69 Å². The van der Waals surface area contributed by atoms with Crippen LogP contribution in [0.1, 0.15) is 32.3 Å². The van der Waals surface area contributed by atoms with Crippen LogP contribution in [-0.4, -0.2) is 44.3 Å². The zero-order valence-electron chi connectivity index (χ0n) is 21.6. The summed E-state index contributed by atoms with van der Waals surface area (Å²) in [6, 6.07) is 18.3. The average Bonchev–Trinajstić information content (AvgIpc) is 2.92. The van der Waals surface area contributed by atoms with E-state index in [0.29, 0.717) is 17.1 Å². The Hall–Kier alpha value is -2.78. The van der Waals surface area contributed by atoms with E-state index >= 15 is 0 Å². The third-order valence-corrected chi connectivity index (χ3v) is 8.87. The highest BCUT2D eigenvalue weighted by Gasteiger charge is 2.33. The van der Waals surface area contributed by atoms with Gasteiger partial charge in [-0.3, -0.25) is 13.9 Å². The van der Waals surface area contributed by atoms with E-state index in [0.717, 1.165) is 17.1 Å². The summed E-state index contributed by atoms with van der Waals surface area (Å²) in [5.41, 5.74) is 0.728. The van der Waals surface area contributed by atoms with Gasteiger partial charge in [0.15, 0.2) is 0 Å². The van der Waals surface area contributed by atoms with Crippen LogP contribution in [0.3, 0.4) is 0 Å². The minimum atomic E-state index is -4.24. The lowest BCUT2D eigenvalue weighted by Gasteiger charge is -2.32. The minimum absolute atomic E-state index is 0.0155. The summed E-state index contributed by atoms with van der Waals surface area (Å²) in [7, 11) is -4.24. The number of carbonyl (C=O) groups is 2. The number of nitrogens with zero attached hydrogens (tertiary/aromatic N) is 2. The molecule has 3 rings (SSSR count). The molecule has 0 fully saturated rings. The summed E-state index contributed by atoms with van der Waals surface area (Å²) in [5.74, 6) is -0.958. The number of benzene rings is 3. The maximum Gasteiger partial charge on any atom is 0.264 e. The van der Waals surface area contributed by atoms with E-state index in [4.69, 9.17) is 34.8 Å². The van der Waals surface area contributed by atoms with E-state index in [1.165, 1.54) is 29.2 Å². The highest BCUT2D eigenvalue weighted by Crippen LogP contribution is 2.35. The molecule has 0 unspecified atom stereocenters. The van der Waals surface area contributed by atoms with Gasteiger partial charge in [-0.05, 0) is 55.3 Å². The normalized spacial score (nSPS) is 12.0. The Morgan fingerprint density at radius 3 is 2.31 bits per heavy atom. The molecule has 11 heteroatoms. The van der Waals surface area contributed by atoms with Crippen LogP contribution < -0.4 is 9.62 Å². The number of nitrogens with one attached hydrogen (secondary N) is 1. The molecule has 208 valence electrons. The third kappa shape index (κ3) is 7.88. The SMILES string of the molecule is CCCCNC(=O)[C@H](C)N(Cc1cccc(Cl)c1)C(=O)CN(c1cccc(Cl)c1Cl)S(=O)(=O)c1ccccc1. The standard InChI is InChI=1S/C28H30Cl3N3O4S/c1-3-4-16-32-28(36)20(2)33(18-21-10-8-11-22(29)17-21)26(35)19-34(25-15-9-14-24(30)27(25)31)39(37,38)23-12-6-5-7-13-23/h5-15,17,20H,3-4,16,18-19H2,1-2H3,(H,32,36)/t20-/m0/s1. The molecular weight excluding hydrogens is 581 g/mol. The lowest BCUT2D eigenvalue weighted by Crippen LogP contribution is -2.51. The van der Waals surface area contributed by atoms with Crippen molar-refractivity contribution < 1.29 is 18.0 Å². The second-order valence-electron chi connectivity index (χ2n) is 8.87. The van der Waals surface area contributed by atoms with Gasteiger partial charge in [-0.2, -0.15) is 0 Å². The molecular formula is C28H30Cl3N3O4S. The lowest BCUT2D eigenvalue weighted by molar-refractivity contribution is -0.139. The largest absolute Gasteiger partial charge is 0.354 e. The molecule has 1 atom stereocenters. The second-order valence-corrected chi connectivity index (χ2v) is 12.0.